The Bertz CT molecular complexity index is 1260. The third kappa shape index (κ3) is 4.34. The van der Waals surface area contributed by atoms with Crippen LogP contribution in [0.3, 0.4) is 0 Å². The predicted molar refractivity (Wildman–Crippen MR) is 117 cm³/mol. The van der Waals surface area contributed by atoms with E-state index in [-0.39, 0.29) is 22.5 Å². The molecule has 0 spiro atoms. The molecule has 0 saturated heterocycles. The van der Waals surface area contributed by atoms with Gasteiger partial charge in [-0.05, 0) is 73.5 Å². The summed E-state index contributed by atoms with van der Waals surface area (Å²) in [6.45, 7) is 3.79. The van der Waals surface area contributed by atoms with Crippen molar-refractivity contribution in [2.45, 2.75) is 13.8 Å². The maximum Gasteiger partial charge on any atom is 0.335 e. The smallest absolute Gasteiger partial charge is 0.335 e. The molecule has 0 aliphatic heterocycles. The van der Waals surface area contributed by atoms with E-state index in [2.05, 4.69) is 19.9 Å². The number of carboxylic acids is 2. The van der Waals surface area contributed by atoms with Gasteiger partial charge in [0.1, 0.15) is 0 Å². The SMILES string of the molecule is Cc1ccnc(-c2cc(C(=O)O)cc(-c3cc(C(=O)O)cc(-c4cc(C)ccn4)n3)n2)c1. The van der Waals surface area contributed by atoms with Gasteiger partial charge in [0.05, 0.1) is 45.3 Å². The second-order valence-electron chi connectivity index (χ2n) is 7.30. The van der Waals surface area contributed by atoms with Crippen molar-refractivity contribution in [1.82, 2.24) is 19.9 Å². The summed E-state index contributed by atoms with van der Waals surface area (Å²) >= 11 is 0. The van der Waals surface area contributed by atoms with Gasteiger partial charge in [-0.2, -0.15) is 0 Å². The van der Waals surface area contributed by atoms with E-state index in [0.29, 0.717) is 22.8 Å². The van der Waals surface area contributed by atoms with E-state index in [4.69, 9.17) is 0 Å². The molecule has 4 heterocycles. The first-order valence-corrected chi connectivity index (χ1v) is 9.67. The molecule has 4 aromatic heterocycles. The summed E-state index contributed by atoms with van der Waals surface area (Å²) in [6.07, 6.45) is 3.23. The molecule has 4 aromatic rings. The van der Waals surface area contributed by atoms with Crippen LogP contribution in [0.15, 0.2) is 60.9 Å². The number of aromatic nitrogens is 4. The maximum absolute atomic E-state index is 11.8. The fraction of sp³-hybridized carbons (Fsp3) is 0.0833. The summed E-state index contributed by atoms with van der Waals surface area (Å²) in [4.78, 5) is 41.2. The Morgan fingerprint density at radius 3 is 1.25 bits per heavy atom. The Labute approximate surface area is 183 Å². The lowest BCUT2D eigenvalue weighted by molar-refractivity contribution is 0.0686. The van der Waals surface area contributed by atoms with E-state index in [1.165, 1.54) is 24.3 Å². The second-order valence-corrected chi connectivity index (χ2v) is 7.30. The van der Waals surface area contributed by atoms with Gasteiger partial charge in [0.25, 0.3) is 0 Å². The summed E-state index contributed by atoms with van der Waals surface area (Å²) in [5, 5.41) is 19.2. The Morgan fingerprint density at radius 2 is 0.938 bits per heavy atom. The third-order valence-electron chi connectivity index (χ3n) is 4.76. The Hall–Kier alpha value is -4.46. The first kappa shape index (κ1) is 20.8. The number of hydrogen-bond donors (Lipinski definition) is 2. The Balaban J connectivity index is 1.94. The molecule has 0 aliphatic rings. The van der Waals surface area contributed by atoms with Crippen molar-refractivity contribution >= 4 is 11.9 Å². The highest BCUT2D eigenvalue weighted by molar-refractivity contribution is 5.92. The van der Waals surface area contributed by atoms with E-state index in [0.717, 1.165) is 11.1 Å². The average Bonchev–Trinajstić information content (AvgIpc) is 2.78. The predicted octanol–water partition coefficient (Wildman–Crippen LogP) is 4.28. The molecule has 8 heteroatoms. The van der Waals surface area contributed by atoms with Gasteiger partial charge >= 0.3 is 11.9 Å². The van der Waals surface area contributed by atoms with E-state index in [1.54, 1.807) is 24.5 Å². The zero-order valence-electron chi connectivity index (χ0n) is 17.3. The summed E-state index contributed by atoms with van der Waals surface area (Å²) in [6, 6.07) is 12.8. The molecule has 32 heavy (non-hydrogen) atoms. The monoisotopic (exact) mass is 426 g/mol. The molecule has 0 radical (unpaired) electrons. The van der Waals surface area contributed by atoms with Crippen molar-refractivity contribution in [3.05, 3.63) is 83.2 Å². The van der Waals surface area contributed by atoms with Crippen LogP contribution in [0.1, 0.15) is 31.8 Å². The average molecular weight is 426 g/mol. The number of carboxylic acid groups (broad SMARTS) is 2. The quantitative estimate of drug-likeness (QED) is 0.484. The molecule has 0 aromatic carbocycles. The van der Waals surface area contributed by atoms with Gasteiger partial charge in [-0.25, -0.2) is 19.6 Å². The number of rotatable bonds is 5. The molecule has 8 nitrogen and oxygen atoms in total. The van der Waals surface area contributed by atoms with Crippen molar-refractivity contribution in [2.24, 2.45) is 0 Å². The molecule has 158 valence electrons. The van der Waals surface area contributed by atoms with Gasteiger partial charge < -0.3 is 10.2 Å². The molecule has 0 aliphatic carbocycles. The lowest BCUT2D eigenvalue weighted by atomic mass is 10.1. The highest BCUT2D eigenvalue weighted by Gasteiger charge is 2.17. The van der Waals surface area contributed by atoms with Crippen molar-refractivity contribution in [1.29, 1.82) is 0 Å². The molecular weight excluding hydrogens is 408 g/mol. The highest BCUT2D eigenvalue weighted by Crippen LogP contribution is 2.27. The second kappa shape index (κ2) is 8.35. The topological polar surface area (TPSA) is 126 Å². The van der Waals surface area contributed by atoms with Crippen LogP contribution in [0.2, 0.25) is 0 Å². The molecule has 0 unspecified atom stereocenters. The van der Waals surface area contributed by atoms with Gasteiger partial charge in [-0.15, -0.1) is 0 Å². The molecule has 0 fully saturated rings. The van der Waals surface area contributed by atoms with E-state index in [1.807, 2.05) is 26.0 Å². The molecule has 0 bridgehead atoms. The van der Waals surface area contributed by atoms with Gasteiger partial charge in [-0.1, -0.05) is 0 Å². The zero-order chi connectivity index (χ0) is 22.8. The number of hydrogen-bond acceptors (Lipinski definition) is 6. The minimum absolute atomic E-state index is 0.00827. The van der Waals surface area contributed by atoms with E-state index in [9.17, 15) is 19.8 Å². The Kier molecular flexibility index (Phi) is 5.43. The molecular formula is C24H18N4O4. The Morgan fingerprint density at radius 1 is 0.594 bits per heavy atom. The van der Waals surface area contributed by atoms with Gasteiger partial charge in [0.2, 0.25) is 0 Å². The highest BCUT2D eigenvalue weighted by atomic mass is 16.4. The molecule has 0 saturated carbocycles. The van der Waals surface area contributed by atoms with Crippen LogP contribution in [0.4, 0.5) is 0 Å². The van der Waals surface area contributed by atoms with Crippen LogP contribution in [-0.2, 0) is 0 Å². The van der Waals surface area contributed by atoms with Crippen LogP contribution in [-0.4, -0.2) is 42.1 Å². The summed E-state index contributed by atoms with van der Waals surface area (Å²) in [7, 11) is 0. The number of aryl methyl sites for hydroxylation is 2. The van der Waals surface area contributed by atoms with Crippen LogP contribution in [0.5, 0.6) is 0 Å². The zero-order valence-corrected chi connectivity index (χ0v) is 17.3. The van der Waals surface area contributed by atoms with Gasteiger partial charge in [0.15, 0.2) is 0 Å². The van der Waals surface area contributed by atoms with Gasteiger partial charge in [-0.3, -0.25) is 9.97 Å². The number of nitrogens with zero attached hydrogens (tertiary/aromatic N) is 4. The molecule has 4 rings (SSSR count). The standard InChI is InChI=1S/C24H18N4O4/c1-13-3-5-25-17(7-13)19-9-15(23(29)30)11-21(27-19)22-12-16(24(31)32)10-20(28-22)18-8-14(2)4-6-26-18/h3-12H,1-2H3,(H,29,30)(H,31,32). The minimum atomic E-state index is -1.14. The lowest BCUT2D eigenvalue weighted by Crippen LogP contribution is -2.04. The van der Waals surface area contributed by atoms with Crippen molar-refractivity contribution in [3.63, 3.8) is 0 Å². The van der Waals surface area contributed by atoms with E-state index >= 15 is 0 Å². The minimum Gasteiger partial charge on any atom is -0.478 e. The van der Waals surface area contributed by atoms with Crippen LogP contribution in [0.25, 0.3) is 34.2 Å². The van der Waals surface area contributed by atoms with Crippen LogP contribution in [0, 0.1) is 13.8 Å². The first-order chi connectivity index (χ1) is 15.3. The molecule has 0 atom stereocenters. The lowest BCUT2D eigenvalue weighted by Gasteiger charge is -2.10. The molecule has 0 amide bonds. The fourth-order valence-corrected chi connectivity index (χ4v) is 3.19. The van der Waals surface area contributed by atoms with Crippen LogP contribution >= 0.6 is 0 Å². The van der Waals surface area contributed by atoms with Crippen molar-refractivity contribution in [3.8, 4) is 34.2 Å². The number of pyridine rings is 4. The van der Waals surface area contributed by atoms with Crippen molar-refractivity contribution < 1.29 is 19.8 Å². The summed E-state index contributed by atoms with van der Waals surface area (Å²) in [5.74, 6) is -2.28. The fourth-order valence-electron chi connectivity index (χ4n) is 3.19. The maximum atomic E-state index is 11.8. The normalized spacial score (nSPS) is 10.7. The molecule has 2 N–H and O–H groups in total. The van der Waals surface area contributed by atoms with Gasteiger partial charge in [0, 0.05) is 12.4 Å². The number of aromatic carboxylic acids is 2. The van der Waals surface area contributed by atoms with Crippen LogP contribution < -0.4 is 0 Å². The van der Waals surface area contributed by atoms with Crippen molar-refractivity contribution in [2.75, 3.05) is 0 Å². The summed E-state index contributed by atoms with van der Waals surface area (Å²) < 4.78 is 0. The number of carbonyl (C=O) groups is 2. The third-order valence-corrected chi connectivity index (χ3v) is 4.76. The summed E-state index contributed by atoms with van der Waals surface area (Å²) in [5.41, 5.74) is 4.02. The van der Waals surface area contributed by atoms with E-state index < -0.39 is 11.9 Å². The largest absolute Gasteiger partial charge is 0.478 e. The first-order valence-electron chi connectivity index (χ1n) is 9.67.